The molecular weight excluding hydrogens is 426 g/mol. The number of para-hydroxylation sites is 1. The molecule has 6 nitrogen and oxygen atoms in total. The van der Waals surface area contributed by atoms with Crippen molar-refractivity contribution < 1.29 is 14.3 Å². The average molecular weight is 456 g/mol. The maximum atomic E-state index is 13.7. The van der Waals surface area contributed by atoms with E-state index in [9.17, 15) is 9.59 Å². The molecule has 1 N–H and O–H groups in total. The van der Waals surface area contributed by atoms with Crippen molar-refractivity contribution in [2.75, 3.05) is 36.3 Å². The number of hydrogen-bond acceptors (Lipinski definition) is 5. The Morgan fingerprint density at radius 2 is 1.59 bits per heavy atom. The second-order valence-corrected chi connectivity index (χ2v) is 8.71. The van der Waals surface area contributed by atoms with E-state index in [-0.39, 0.29) is 11.3 Å². The molecule has 1 aliphatic rings. The quantitative estimate of drug-likeness (QED) is 0.491. The summed E-state index contributed by atoms with van der Waals surface area (Å²) < 4.78 is 5.52. The number of amides is 2. The van der Waals surface area contributed by atoms with E-state index in [0.717, 1.165) is 11.4 Å². The number of anilines is 3. The molecule has 1 aliphatic heterocycles. The molecule has 0 bridgehead atoms. The van der Waals surface area contributed by atoms with Gasteiger partial charge >= 0.3 is 0 Å². The van der Waals surface area contributed by atoms with Crippen LogP contribution in [-0.2, 0) is 9.59 Å². The average Bonchev–Trinajstić information content (AvgIpc) is 3.08. The van der Waals surface area contributed by atoms with Gasteiger partial charge in [-0.2, -0.15) is 0 Å². The first-order valence-corrected chi connectivity index (χ1v) is 11.2. The lowest BCUT2D eigenvalue weighted by Crippen LogP contribution is -2.32. The van der Waals surface area contributed by atoms with Crippen molar-refractivity contribution in [1.82, 2.24) is 0 Å². The Hall–Kier alpha value is -4.06. The zero-order valence-electron chi connectivity index (χ0n) is 20.1. The van der Waals surface area contributed by atoms with Gasteiger partial charge < -0.3 is 15.0 Å². The zero-order chi connectivity index (χ0) is 24.4. The summed E-state index contributed by atoms with van der Waals surface area (Å²) in [6.07, 6.45) is 0. The van der Waals surface area contributed by atoms with Gasteiger partial charge in [-0.1, -0.05) is 50.2 Å². The Kier molecular flexibility index (Phi) is 6.41. The topological polar surface area (TPSA) is 61.9 Å². The first-order valence-electron chi connectivity index (χ1n) is 11.2. The minimum Gasteiger partial charge on any atom is -0.496 e. The van der Waals surface area contributed by atoms with Crippen molar-refractivity contribution in [1.29, 1.82) is 0 Å². The van der Waals surface area contributed by atoms with Crippen LogP contribution >= 0.6 is 0 Å². The molecule has 4 rings (SSSR count). The van der Waals surface area contributed by atoms with E-state index < -0.39 is 11.8 Å². The van der Waals surface area contributed by atoms with Crippen molar-refractivity contribution in [3.05, 3.63) is 89.6 Å². The third-order valence-electron chi connectivity index (χ3n) is 5.91. The molecule has 0 radical (unpaired) electrons. The second kappa shape index (κ2) is 9.43. The smallest absolute Gasteiger partial charge is 0.282 e. The van der Waals surface area contributed by atoms with Gasteiger partial charge in [-0.05, 0) is 47.9 Å². The van der Waals surface area contributed by atoms with Crippen LogP contribution in [0.1, 0.15) is 30.9 Å². The number of carbonyl (C=O) groups excluding carboxylic acids is 2. The molecule has 0 saturated carbocycles. The van der Waals surface area contributed by atoms with E-state index in [4.69, 9.17) is 4.74 Å². The van der Waals surface area contributed by atoms with Gasteiger partial charge in [0.1, 0.15) is 11.4 Å². The third kappa shape index (κ3) is 4.27. The maximum absolute atomic E-state index is 13.7. The summed E-state index contributed by atoms with van der Waals surface area (Å²) in [6.45, 7) is 4.26. The third-order valence-corrected chi connectivity index (χ3v) is 5.91. The van der Waals surface area contributed by atoms with Gasteiger partial charge in [0.25, 0.3) is 11.8 Å². The molecular formula is C28H29N3O3. The molecule has 3 aromatic rings. The van der Waals surface area contributed by atoms with E-state index in [1.54, 1.807) is 25.3 Å². The fourth-order valence-corrected chi connectivity index (χ4v) is 3.99. The van der Waals surface area contributed by atoms with Crippen molar-refractivity contribution in [2.45, 2.75) is 19.8 Å². The van der Waals surface area contributed by atoms with Gasteiger partial charge in [0, 0.05) is 31.0 Å². The highest BCUT2D eigenvalue weighted by atomic mass is 16.5. The zero-order valence-corrected chi connectivity index (χ0v) is 20.1. The SMILES string of the molecule is COc1ccccc1C1=C(Nc2ccc(C(C)C)cc2)C(=O)N(c2cccc(N(C)C)c2)C1=O. The lowest BCUT2D eigenvalue weighted by atomic mass is 10.0. The number of nitrogens with zero attached hydrogens (tertiary/aromatic N) is 2. The van der Waals surface area contributed by atoms with Gasteiger partial charge in [-0.3, -0.25) is 9.59 Å². The van der Waals surface area contributed by atoms with Gasteiger partial charge in [0.2, 0.25) is 0 Å². The van der Waals surface area contributed by atoms with Crippen molar-refractivity contribution in [3.8, 4) is 5.75 Å². The molecule has 6 heteroatoms. The molecule has 34 heavy (non-hydrogen) atoms. The van der Waals surface area contributed by atoms with E-state index in [2.05, 4.69) is 19.2 Å². The highest BCUT2D eigenvalue weighted by molar-refractivity contribution is 6.46. The minimum absolute atomic E-state index is 0.224. The van der Waals surface area contributed by atoms with Crippen LogP contribution in [0.3, 0.4) is 0 Å². The lowest BCUT2D eigenvalue weighted by molar-refractivity contribution is -0.120. The fraction of sp³-hybridized carbons (Fsp3) is 0.214. The molecule has 3 aromatic carbocycles. The number of ether oxygens (including phenoxy) is 1. The largest absolute Gasteiger partial charge is 0.496 e. The van der Waals surface area contributed by atoms with Crippen LogP contribution in [0.4, 0.5) is 17.1 Å². The number of imide groups is 1. The van der Waals surface area contributed by atoms with E-state index in [1.165, 1.54) is 10.5 Å². The van der Waals surface area contributed by atoms with Crippen molar-refractivity contribution in [2.24, 2.45) is 0 Å². The Morgan fingerprint density at radius 1 is 0.882 bits per heavy atom. The number of carbonyl (C=O) groups is 2. The molecule has 0 aromatic heterocycles. The Morgan fingerprint density at radius 3 is 2.24 bits per heavy atom. The summed E-state index contributed by atoms with van der Waals surface area (Å²) in [4.78, 5) is 30.6. The van der Waals surface area contributed by atoms with Crippen LogP contribution in [-0.4, -0.2) is 33.0 Å². The Labute approximate surface area is 200 Å². The molecule has 0 unspecified atom stereocenters. The number of hydrogen-bond donors (Lipinski definition) is 1. The van der Waals surface area contributed by atoms with Crippen molar-refractivity contribution >= 4 is 34.4 Å². The highest BCUT2D eigenvalue weighted by Crippen LogP contribution is 2.38. The molecule has 174 valence electrons. The highest BCUT2D eigenvalue weighted by Gasteiger charge is 2.41. The summed E-state index contributed by atoms with van der Waals surface area (Å²) in [5.41, 5.74) is 4.41. The lowest BCUT2D eigenvalue weighted by Gasteiger charge is -2.19. The summed E-state index contributed by atoms with van der Waals surface area (Å²) in [6, 6.07) is 22.5. The van der Waals surface area contributed by atoms with Crippen LogP contribution in [0.2, 0.25) is 0 Å². The summed E-state index contributed by atoms with van der Waals surface area (Å²) in [7, 11) is 5.38. The molecule has 2 amide bonds. The van der Waals surface area contributed by atoms with E-state index >= 15 is 0 Å². The molecule has 1 heterocycles. The van der Waals surface area contributed by atoms with Gasteiger partial charge in [0.05, 0.1) is 18.4 Å². The van der Waals surface area contributed by atoms with Crippen LogP contribution in [0, 0.1) is 0 Å². The number of methoxy groups -OCH3 is 1. The van der Waals surface area contributed by atoms with Crippen LogP contribution < -0.4 is 19.9 Å². The molecule has 0 saturated heterocycles. The van der Waals surface area contributed by atoms with Crippen LogP contribution in [0.25, 0.3) is 5.57 Å². The van der Waals surface area contributed by atoms with E-state index in [1.807, 2.05) is 73.6 Å². The molecule has 0 spiro atoms. The predicted molar refractivity (Wildman–Crippen MR) is 137 cm³/mol. The number of benzene rings is 3. The monoisotopic (exact) mass is 455 g/mol. The van der Waals surface area contributed by atoms with E-state index in [0.29, 0.717) is 22.9 Å². The minimum atomic E-state index is -0.408. The first kappa shape index (κ1) is 23.1. The fourth-order valence-electron chi connectivity index (χ4n) is 3.99. The standard InChI is InChI=1S/C28H29N3O3/c1-18(2)19-13-15-20(16-14-19)29-26-25(23-11-6-7-12-24(23)34-5)27(32)31(28(26)33)22-10-8-9-21(17-22)30(3)4/h6-18,29H,1-5H3. The predicted octanol–water partition coefficient (Wildman–Crippen LogP) is 5.28. The summed E-state index contributed by atoms with van der Waals surface area (Å²) in [5.74, 6) is 0.116. The van der Waals surface area contributed by atoms with Gasteiger partial charge in [0.15, 0.2) is 0 Å². The first-order chi connectivity index (χ1) is 16.3. The molecule has 0 aliphatic carbocycles. The van der Waals surface area contributed by atoms with Crippen molar-refractivity contribution in [3.63, 3.8) is 0 Å². The second-order valence-electron chi connectivity index (χ2n) is 8.71. The maximum Gasteiger partial charge on any atom is 0.282 e. The normalized spacial score (nSPS) is 13.6. The molecule has 0 atom stereocenters. The Bertz CT molecular complexity index is 1260. The van der Waals surface area contributed by atoms with Gasteiger partial charge in [-0.15, -0.1) is 0 Å². The summed E-state index contributed by atoms with van der Waals surface area (Å²) in [5, 5.41) is 3.23. The Balaban J connectivity index is 1.82. The summed E-state index contributed by atoms with van der Waals surface area (Å²) >= 11 is 0. The van der Waals surface area contributed by atoms with Gasteiger partial charge in [-0.25, -0.2) is 4.90 Å². The van der Waals surface area contributed by atoms with Crippen LogP contribution in [0.15, 0.2) is 78.5 Å². The number of nitrogens with one attached hydrogen (secondary N) is 1. The number of rotatable bonds is 7. The van der Waals surface area contributed by atoms with Crippen LogP contribution in [0.5, 0.6) is 5.75 Å². The molecule has 0 fully saturated rings.